The molecule has 1 unspecified atom stereocenters. The van der Waals surface area contributed by atoms with E-state index < -0.39 is 27.7 Å². The molecule has 0 aliphatic heterocycles. The Kier molecular flexibility index (Phi) is 4.99. The van der Waals surface area contributed by atoms with E-state index in [4.69, 9.17) is 0 Å². The van der Waals surface area contributed by atoms with E-state index in [9.17, 15) is 17.2 Å². The lowest BCUT2D eigenvalue weighted by molar-refractivity contribution is 0.499. The third-order valence-electron chi connectivity index (χ3n) is 4.84. The highest BCUT2D eigenvalue weighted by Crippen LogP contribution is 2.32. The number of hydrogen-bond donors (Lipinski definition) is 1. The molecule has 3 aromatic rings. The highest BCUT2D eigenvalue weighted by Gasteiger charge is 2.28. The van der Waals surface area contributed by atoms with Gasteiger partial charge in [0.05, 0.1) is 18.0 Å². The zero-order chi connectivity index (χ0) is 19.7. The minimum Gasteiger partial charge on any atom is -0.234 e. The van der Waals surface area contributed by atoms with Crippen molar-refractivity contribution in [3.63, 3.8) is 0 Å². The van der Waals surface area contributed by atoms with Gasteiger partial charge < -0.3 is 0 Å². The number of benzene rings is 2. The first-order valence-electron chi connectivity index (χ1n) is 8.99. The highest BCUT2D eigenvalue weighted by atomic mass is 32.2. The second-order valence-corrected chi connectivity index (χ2v) is 8.62. The smallest absolute Gasteiger partial charge is 0.216 e. The molecule has 0 bridgehead atoms. The molecule has 0 amide bonds. The van der Waals surface area contributed by atoms with Crippen LogP contribution in [0, 0.1) is 11.6 Å². The Morgan fingerprint density at radius 2 is 1.93 bits per heavy atom. The number of hydrogen-bond acceptors (Lipinski definition) is 3. The molecule has 8 heteroatoms. The third kappa shape index (κ3) is 3.83. The van der Waals surface area contributed by atoms with E-state index in [1.54, 1.807) is 30.5 Å². The van der Waals surface area contributed by atoms with Gasteiger partial charge >= 0.3 is 0 Å². The fourth-order valence-electron chi connectivity index (χ4n) is 3.59. The maximum atomic E-state index is 14.2. The molecule has 0 saturated heterocycles. The van der Waals surface area contributed by atoms with Crippen molar-refractivity contribution in [3.8, 4) is 5.69 Å². The molecule has 1 aliphatic carbocycles. The maximum Gasteiger partial charge on any atom is 0.216 e. The van der Waals surface area contributed by atoms with Crippen LogP contribution < -0.4 is 4.72 Å². The number of fused-ring (bicyclic) bond motifs is 1. The minimum atomic E-state index is -3.56. The van der Waals surface area contributed by atoms with Gasteiger partial charge in [-0.25, -0.2) is 26.6 Å². The standard InChI is InChI=1S/C20H19F2N3O2S/c21-15-9-10-20(17(22)11-15)25-19-8-4-7-18(16(19)12-23-25)24-28(26,27)13-14-5-2-1-3-6-14/h1-3,5-6,9-12,18,24H,4,7-8,13H2. The summed E-state index contributed by atoms with van der Waals surface area (Å²) >= 11 is 0. The number of nitrogens with zero attached hydrogens (tertiary/aromatic N) is 2. The number of nitrogens with one attached hydrogen (secondary N) is 1. The summed E-state index contributed by atoms with van der Waals surface area (Å²) in [6, 6.07) is 11.9. The average Bonchev–Trinajstić information content (AvgIpc) is 3.07. The van der Waals surface area contributed by atoms with E-state index in [0.29, 0.717) is 18.4 Å². The first kappa shape index (κ1) is 18.8. The quantitative estimate of drug-likeness (QED) is 0.707. The van der Waals surface area contributed by atoms with E-state index in [-0.39, 0.29) is 11.4 Å². The Hall–Kier alpha value is -2.58. The van der Waals surface area contributed by atoms with Gasteiger partial charge in [0.1, 0.15) is 11.5 Å². The summed E-state index contributed by atoms with van der Waals surface area (Å²) < 4.78 is 56.8. The van der Waals surface area contributed by atoms with Crippen molar-refractivity contribution in [3.05, 3.63) is 83.2 Å². The normalized spacial score (nSPS) is 16.7. The van der Waals surface area contributed by atoms with E-state index in [0.717, 1.165) is 23.7 Å². The molecule has 4 rings (SSSR count). The van der Waals surface area contributed by atoms with Crippen LogP contribution in [0.2, 0.25) is 0 Å². The molecule has 0 fully saturated rings. The predicted molar refractivity (Wildman–Crippen MR) is 101 cm³/mol. The van der Waals surface area contributed by atoms with Gasteiger partial charge in [-0.05, 0) is 37.0 Å². The lowest BCUT2D eigenvalue weighted by Gasteiger charge is -2.24. The summed E-state index contributed by atoms with van der Waals surface area (Å²) in [7, 11) is -3.56. The van der Waals surface area contributed by atoms with Gasteiger partial charge in [0.25, 0.3) is 0 Å². The fourth-order valence-corrected chi connectivity index (χ4v) is 4.98. The summed E-state index contributed by atoms with van der Waals surface area (Å²) in [6.45, 7) is 0. The van der Waals surface area contributed by atoms with Gasteiger partial charge in [0, 0.05) is 17.3 Å². The number of rotatable bonds is 5. The lowest BCUT2D eigenvalue weighted by Crippen LogP contribution is -2.32. The van der Waals surface area contributed by atoms with Crippen LogP contribution >= 0.6 is 0 Å². The van der Waals surface area contributed by atoms with Gasteiger partial charge in [-0.1, -0.05) is 30.3 Å². The van der Waals surface area contributed by atoms with Crippen LogP contribution in [0.3, 0.4) is 0 Å². The zero-order valence-corrected chi connectivity index (χ0v) is 15.8. The van der Waals surface area contributed by atoms with Crippen molar-refractivity contribution in [2.75, 3.05) is 0 Å². The molecule has 28 heavy (non-hydrogen) atoms. The minimum absolute atomic E-state index is 0.111. The Morgan fingerprint density at radius 1 is 1.14 bits per heavy atom. The van der Waals surface area contributed by atoms with Gasteiger partial charge in [-0.3, -0.25) is 0 Å². The van der Waals surface area contributed by atoms with Crippen LogP contribution in [0.5, 0.6) is 0 Å². The molecule has 1 aromatic heterocycles. The molecule has 1 aliphatic rings. The Labute approximate surface area is 162 Å². The van der Waals surface area contributed by atoms with E-state index in [1.807, 2.05) is 6.07 Å². The predicted octanol–water partition coefficient (Wildman–Crippen LogP) is 3.65. The molecule has 2 aromatic carbocycles. The summed E-state index contributed by atoms with van der Waals surface area (Å²) in [4.78, 5) is 0. The van der Waals surface area contributed by atoms with Gasteiger partial charge in [0.15, 0.2) is 5.82 Å². The summed E-state index contributed by atoms with van der Waals surface area (Å²) in [5.74, 6) is -1.48. The number of sulfonamides is 1. The first-order chi connectivity index (χ1) is 13.4. The fraction of sp³-hybridized carbons (Fsp3) is 0.250. The van der Waals surface area contributed by atoms with Crippen LogP contribution in [0.1, 0.15) is 35.7 Å². The van der Waals surface area contributed by atoms with Crippen LogP contribution in [-0.4, -0.2) is 18.2 Å². The molecule has 1 atom stereocenters. The number of aromatic nitrogens is 2. The molecule has 5 nitrogen and oxygen atoms in total. The Morgan fingerprint density at radius 3 is 2.68 bits per heavy atom. The lowest BCUT2D eigenvalue weighted by atomic mass is 9.94. The SMILES string of the molecule is O=S(=O)(Cc1ccccc1)NC1CCCc2c1cnn2-c1ccc(F)cc1F. The molecule has 146 valence electrons. The van der Waals surface area contributed by atoms with E-state index in [2.05, 4.69) is 9.82 Å². The largest absolute Gasteiger partial charge is 0.234 e. The van der Waals surface area contributed by atoms with Crippen molar-refractivity contribution in [2.45, 2.75) is 31.1 Å². The van der Waals surface area contributed by atoms with E-state index >= 15 is 0 Å². The second kappa shape index (κ2) is 7.44. The molecule has 0 spiro atoms. The van der Waals surface area contributed by atoms with Crippen molar-refractivity contribution >= 4 is 10.0 Å². The topological polar surface area (TPSA) is 64.0 Å². The maximum absolute atomic E-state index is 14.2. The van der Waals surface area contributed by atoms with Crippen LogP contribution in [-0.2, 0) is 22.2 Å². The monoisotopic (exact) mass is 403 g/mol. The second-order valence-electron chi connectivity index (χ2n) is 6.86. The van der Waals surface area contributed by atoms with Crippen molar-refractivity contribution < 1.29 is 17.2 Å². The van der Waals surface area contributed by atoms with Crippen LogP contribution in [0.15, 0.2) is 54.7 Å². The Bertz CT molecular complexity index is 1100. The third-order valence-corrected chi connectivity index (χ3v) is 6.20. The Balaban J connectivity index is 1.61. The molecule has 0 saturated carbocycles. The highest BCUT2D eigenvalue weighted by molar-refractivity contribution is 7.88. The molecule has 1 N–H and O–H groups in total. The summed E-state index contributed by atoms with van der Waals surface area (Å²) in [5, 5.41) is 4.24. The van der Waals surface area contributed by atoms with Gasteiger partial charge in [0.2, 0.25) is 10.0 Å². The summed E-state index contributed by atoms with van der Waals surface area (Å²) in [5.41, 5.74) is 2.32. The van der Waals surface area contributed by atoms with Crippen LogP contribution in [0.25, 0.3) is 5.69 Å². The zero-order valence-electron chi connectivity index (χ0n) is 15.0. The van der Waals surface area contributed by atoms with E-state index in [1.165, 1.54) is 16.8 Å². The van der Waals surface area contributed by atoms with Gasteiger partial charge in [-0.15, -0.1) is 0 Å². The molecule has 1 heterocycles. The summed E-state index contributed by atoms with van der Waals surface area (Å²) in [6.07, 6.45) is 3.58. The van der Waals surface area contributed by atoms with Crippen molar-refractivity contribution in [2.24, 2.45) is 0 Å². The van der Waals surface area contributed by atoms with Crippen LogP contribution in [0.4, 0.5) is 8.78 Å². The molecular formula is C20H19F2N3O2S. The van der Waals surface area contributed by atoms with Crippen molar-refractivity contribution in [1.82, 2.24) is 14.5 Å². The molecule has 0 radical (unpaired) electrons. The number of halogens is 2. The molecular weight excluding hydrogens is 384 g/mol. The average molecular weight is 403 g/mol. The first-order valence-corrected chi connectivity index (χ1v) is 10.6. The van der Waals surface area contributed by atoms with Gasteiger partial charge in [-0.2, -0.15) is 5.10 Å². The van der Waals surface area contributed by atoms with Crippen molar-refractivity contribution in [1.29, 1.82) is 0 Å².